The summed E-state index contributed by atoms with van der Waals surface area (Å²) in [5.41, 5.74) is -0.983. The molecule has 0 N–H and O–H groups in total. The molecule has 0 aliphatic heterocycles. The van der Waals surface area contributed by atoms with Crippen molar-refractivity contribution in [3.8, 4) is 12.1 Å². The summed E-state index contributed by atoms with van der Waals surface area (Å²) < 4.78 is 4.53. The minimum Gasteiger partial charge on any atom is -0.431 e. The molecule has 1 fully saturated rings. The van der Waals surface area contributed by atoms with Gasteiger partial charge in [0.2, 0.25) is 0 Å². The minimum atomic E-state index is -0.983. The Morgan fingerprint density at radius 3 is 2.54 bits per heavy atom. The maximum atomic E-state index is 11.1. The van der Waals surface area contributed by atoms with Crippen molar-refractivity contribution in [3.05, 3.63) is 11.3 Å². The molecule has 0 atom stereocenters. The third kappa shape index (κ3) is 1.99. The van der Waals surface area contributed by atoms with Gasteiger partial charge in [0.25, 0.3) is 0 Å². The number of ether oxygens (including phenoxy) is 1. The van der Waals surface area contributed by atoms with E-state index in [-0.39, 0.29) is 5.03 Å². The van der Waals surface area contributed by atoms with Gasteiger partial charge in [0.15, 0.2) is 10.4 Å². The van der Waals surface area contributed by atoms with Crippen LogP contribution in [0.25, 0.3) is 0 Å². The van der Waals surface area contributed by atoms with Gasteiger partial charge in [-0.25, -0.2) is 4.79 Å². The Hall–Kier alpha value is -1.52. The molecule has 0 heterocycles. The minimum absolute atomic E-state index is 0.220. The number of hydrogen-bond acceptors (Lipinski definition) is 4. The van der Waals surface area contributed by atoms with Crippen LogP contribution >= 0.6 is 11.6 Å². The van der Waals surface area contributed by atoms with E-state index >= 15 is 0 Å². The second-order valence-corrected chi connectivity index (χ2v) is 3.08. The fourth-order valence-corrected chi connectivity index (χ4v) is 0.776. The fraction of sp³-hybridized carbons (Fsp3) is 0.375. The van der Waals surface area contributed by atoms with E-state index in [2.05, 4.69) is 4.74 Å². The number of carbonyl (C=O) groups is 1. The second kappa shape index (κ2) is 3.47. The van der Waals surface area contributed by atoms with Crippen LogP contribution in [0.1, 0.15) is 12.8 Å². The monoisotopic (exact) mass is 196 g/mol. The molecule has 13 heavy (non-hydrogen) atoms. The van der Waals surface area contributed by atoms with Crippen molar-refractivity contribution in [2.24, 2.45) is 5.41 Å². The first-order valence-corrected chi connectivity index (χ1v) is 3.90. The Kier molecular flexibility index (Phi) is 2.55. The van der Waals surface area contributed by atoms with E-state index in [0.717, 1.165) is 6.26 Å². The highest BCUT2D eigenvalue weighted by Gasteiger charge is 2.52. The number of allylic oxidation sites excluding steroid dienone is 1. The zero-order chi connectivity index (χ0) is 9.90. The van der Waals surface area contributed by atoms with Gasteiger partial charge in [-0.05, 0) is 12.8 Å². The summed E-state index contributed by atoms with van der Waals surface area (Å²) in [7, 11) is 0. The SMILES string of the molecule is N#C/C(Cl)=C/OC(=O)C1(C#N)CC1. The number of nitriles is 2. The number of rotatable bonds is 2. The van der Waals surface area contributed by atoms with Crippen LogP contribution in [-0.2, 0) is 9.53 Å². The Morgan fingerprint density at radius 2 is 2.15 bits per heavy atom. The first kappa shape index (κ1) is 9.57. The number of hydrogen-bond donors (Lipinski definition) is 0. The molecule has 66 valence electrons. The van der Waals surface area contributed by atoms with E-state index in [1.54, 1.807) is 6.07 Å². The van der Waals surface area contributed by atoms with Crippen molar-refractivity contribution in [1.29, 1.82) is 10.5 Å². The van der Waals surface area contributed by atoms with Crippen LogP contribution in [0.2, 0.25) is 0 Å². The summed E-state index contributed by atoms with van der Waals surface area (Å²) in [6.07, 6.45) is 1.88. The van der Waals surface area contributed by atoms with Crippen molar-refractivity contribution >= 4 is 17.6 Å². The highest BCUT2D eigenvalue weighted by atomic mass is 35.5. The molecule has 0 amide bonds. The quantitative estimate of drug-likeness (QED) is 0.381. The van der Waals surface area contributed by atoms with Gasteiger partial charge in [-0.1, -0.05) is 11.6 Å². The Morgan fingerprint density at radius 1 is 1.54 bits per heavy atom. The molecule has 0 saturated heterocycles. The third-order valence-electron chi connectivity index (χ3n) is 1.73. The molecular weight excluding hydrogens is 192 g/mol. The summed E-state index contributed by atoms with van der Waals surface area (Å²) in [5, 5.41) is 16.6. The molecule has 1 aliphatic carbocycles. The van der Waals surface area contributed by atoms with Crippen molar-refractivity contribution in [2.75, 3.05) is 0 Å². The number of halogens is 1. The molecule has 1 saturated carbocycles. The Labute approximate surface area is 80.0 Å². The first-order chi connectivity index (χ1) is 6.14. The number of esters is 1. The maximum Gasteiger partial charge on any atom is 0.331 e. The summed E-state index contributed by atoms with van der Waals surface area (Å²) in [4.78, 5) is 11.1. The van der Waals surface area contributed by atoms with Gasteiger partial charge in [0.05, 0.1) is 6.07 Å². The Balaban J connectivity index is 2.54. The maximum absolute atomic E-state index is 11.1. The van der Waals surface area contributed by atoms with Crippen LogP contribution in [-0.4, -0.2) is 5.97 Å². The zero-order valence-corrected chi connectivity index (χ0v) is 7.34. The van der Waals surface area contributed by atoms with Crippen molar-refractivity contribution in [2.45, 2.75) is 12.8 Å². The third-order valence-corrected chi connectivity index (χ3v) is 1.90. The molecule has 0 bridgehead atoms. The van der Waals surface area contributed by atoms with Crippen LogP contribution in [0, 0.1) is 28.1 Å². The van der Waals surface area contributed by atoms with E-state index < -0.39 is 11.4 Å². The van der Waals surface area contributed by atoms with Gasteiger partial charge < -0.3 is 4.74 Å². The lowest BCUT2D eigenvalue weighted by atomic mass is 10.1. The van der Waals surface area contributed by atoms with Crippen molar-refractivity contribution < 1.29 is 9.53 Å². The summed E-state index contributed by atoms with van der Waals surface area (Å²) in [5.74, 6) is -0.636. The molecule has 0 aromatic rings. The van der Waals surface area contributed by atoms with Gasteiger partial charge in [-0.15, -0.1) is 0 Å². The first-order valence-electron chi connectivity index (χ1n) is 3.53. The predicted octanol–water partition coefficient (Wildman–Crippen LogP) is 1.44. The average Bonchev–Trinajstić information content (AvgIpc) is 2.94. The van der Waals surface area contributed by atoms with Crippen LogP contribution in [0.4, 0.5) is 0 Å². The summed E-state index contributed by atoms with van der Waals surface area (Å²) >= 11 is 5.26. The standard InChI is InChI=1S/C8H5ClN2O2/c9-6(3-10)4-13-7(12)8(5-11)1-2-8/h4H,1-2H2/b6-4-. The van der Waals surface area contributed by atoms with Crippen molar-refractivity contribution in [3.63, 3.8) is 0 Å². The molecule has 0 aromatic carbocycles. The van der Waals surface area contributed by atoms with Crippen LogP contribution in [0.3, 0.4) is 0 Å². The molecule has 1 aliphatic rings. The van der Waals surface area contributed by atoms with Crippen LogP contribution in [0.5, 0.6) is 0 Å². The van der Waals surface area contributed by atoms with Gasteiger partial charge in [-0.2, -0.15) is 10.5 Å². The molecule has 0 spiro atoms. The highest BCUT2D eigenvalue weighted by molar-refractivity contribution is 6.31. The summed E-state index contributed by atoms with van der Waals surface area (Å²) in [6, 6.07) is 3.44. The van der Waals surface area contributed by atoms with Gasteiger partial charge >= 0.3 is 5.97 Å². The lowest BCUT2D eigenvalue weighted by molar-refractivity contribution is -0.142. The average molecular weight is 197 g/mol. The zero-order valence-electron chi connectivity index (χ0n) is 6.58. The summed E-state index contributed by atoms with van der Waals surface area (Å²) in [6.45, 7) is 0. The van der Waals surface area contributed by atoms with E-state index in [0.29, 0.717) is 12.8 Å². The molecule has 0 aromatic heterocycles. The molecular formula is C8H5ClN2O2. The second-order valence-electron chi connectivity index (χ2n) is 2.68. The van der Waals surface area contributed by atoms with Crippen LogP contribution in [0.15, 0.2) is 11.3 Å². The lowest BCUT2D eigenvalue weighted by Gasteiger charge is -2.01. The lowest BCUT2D eigenvalue weighted by Crippen LogP contribution is -2.14. The highest BCUT2D eigenvalue weighted by Crippen LogP contribution is 2.46. The fourth-order valence-electron chi connectivity index (χ4n) is 0.731. The number of carbonyl (C=O) groups excluding carboxylic acids is 1. The molecule has 0 radical (unpaired) electrons. The molecule has 4 nitrogen and oxygen atoms in total. The smallest absolute Gasteiger partial charge is 0.331 e. The van der Waals surface area contributed by atoms with E-state index in [4.69, 9.17) is 22.1 Å². The van der Waals surface area contributed by atoms with Crippen molar-refractivity contribution in [1.82, 2.24) is 0 Å². The van der Waals surface area contributed by atoms with Gasteiger partial charge in [-0.3, -0.25) is 0 Å². The Bertz CT molecular complexity index is 344. The topological polar surface area (TPSA) is 73.9 Å². The number of nitrogens with zero attached hydrogens (tertiary/aromatic N) is 2. The molecule has 0 unspecified atom stereocenters. The predicted molar refractivity (Wildman–Crippen MR) is 42.9 cm³/mol. The van der Waals surface area contributed by atoms with Crippen LogP contribution < -0.4 is 0 Å². The largest absolute Gasteiger partial charge is 0.431 e. The molecule has 5 heteroatoms. The van der Waals surface area contributed by atoms with E-state index in [1.807, 2.05) is 6.07 Å². The van der Waals surface area contributed by atoms with E-state index in [9.17, 15) is 4.79 Å². The normalized spacial score (nSPS) is 18.2. The van der Waals surface area contributed by atoms with E-state index in [1.165, 1.54) is 0 Å². The molecule has 1 rings (SSSR count). The van der Waals surface area contributed by atoms with Gasteiger partial charge in [0, 0.05) is 0 Å². The van der Waals surface area contributed by atoms with Gasteiger partial charge in [0.1, 0.15) is 12.3 Å².